The van der Waals surface area contributed by atoms with E-state index in [1.807, 2.05) is 17.5 Å². The highest BCUT2D eigenvalue weighted by molar-refractivity contribution is 7.12. The number of hydrogen-bond acceptors (Lipinski definition) is 4. The third kappa shape index (κ3) is 3.13. The first-order valence-corrected chi connectivity index (χ1v) is 6.74. The Bertz CT molecular complexity index is 352. The molecule has 0 atom stereocenters. The zero-order chi connectivity index (χ0) is 12.1. The van der Waals surface area contributed by atoms with Gasteiger partial charge in [0.2, 0.25) is 5.78 Å². The van der Waals surface area contributed by atoms with Crippen LogP contribution in [-0.4, -0.2) is 61.4 Å². The Balaban J connectivity index is 2.04. The van der Waals surface area contributed by atoms with E-state index in [9.17, 15) is 4.79 Å². The fourth-order valence-electron chi connectivity index (χ4n) is 2.22. The predicted octanol–water partition coefficient (Wildman–Crippen LogP) is 0.770. The minimum absolute atomic E-state index is 0.123. The van der Waals surface area contributed by atoms with E-state index in [4.69, 9.17) is 9.84 Å². The van der Waals surface area contributed by atoms with Crippen LogP contribution in [0.4, 0.5) is 0 Å². The molecule has 5 heteroatoms. The van der Waals surface area contributed by atoms with Gasteiger partial charge in [0.05, 0.1) is 24.7 Å². The van der Waals surface area contributed by atoms with Crippen LogP contribution in [0.15, 0.2) is 17.5 Å². The SMILES string of the molecule is O=C(C[N+]1(CCO)CCOCC1)c1cccs1. The summed E-state index contributed by atoms with van der Waals surface area (Å²) in [5, 5.41) is 11.1. The third-order valence-corrected chi connectivity index (χ3v) is 4.18. The molecule has 0 aliphatic carbocycles. The van der Waals surface area contributed by atoms with Crippen LogP contribution >= 0.6 is 11.3 Å². The second-order valence-corrected chi connectivity index (χ2v) is 5.35. The Labute approximate surface area is 105 Å². The van der Waals surface area contributed by atoms with Crippen LogP contribution in [0.1, 0.15) is 9.67 Å². The molecule has 17 heavy (non-hydrogen) atoms. The smallest absolute Gasteiger partial charge is 0.226 e. The van der Waals surface area contributed by atoms with Crippen LogP contribution in [-0.2, 0) is 4.74 Å². The van der Waals surface area contributed by atoms with Gasteiger partial charge < -0.3 is 14.3 Å². The molecule has 1 aliphatic heterocycles. The summed E-state index contributed by atoms with van der Waals surface area (Å²) in [6.45, 7) is 4.23. The van der Waals surface area contributed by atoms with Crippen LogP contribution in [0.25, 0.3) is 0 Å². The maximum atomic E-state index is 12.1. The molecular weight excluding hydrogens is 238 g/mol. The summed E-state index contributed by atoms with van der Waals surface area (Å²) in [4.78, 5) is 12.9. The molecule has 0 amide bonds. The number of quaternary nitrogens is 1. The third-order valence-electron chi connectivity index (χ3n) is 3.27. The molecule has 2 heterocycles. The summed E-state index contributed by atoms with van der Waals surface area (Å²) in [6.07, 6.45) is 0. The van der Waals surface area contributed by atoms with Gasteiger partial charge in [0.1, 0.15) is 26.2 Å². The lowest BCUT2D eigenvalue weighted by Gasteiger charge is -2.40. The number of thiophene rings is 1. The second kappa shape index (κ2) is 5.73. The average molecular weight is 256 g/mol. The molecule has 0 bridgehead atoms. The number of carbonyl (C=O) groups is 1. The molecule has 0 saturated carbocycles. The Kier molecular flexibility index (Phi) is 4.28. The van der Waals surface area contributed by atoms with Crippen LogP contribution in [0.5, 0.6) is 0 Å². The molecule has 1 aliphatic rings. The molecule has 1 aromatic heterocycles. The van der Waals surface area contributed by atoms with Crippen molar-refractivity contribution in [3.8, 4) is 0 Å². The number of rotatable bonds is 5. The van der Waals surface area contributed by atoms with E-state index in [0.29, 0.717) is 30.8 Å². The van der Waals surface area contributed by atoms with Gasteiger partial charge in [-0.15, -0.1) is 11.3 Å². The van der Waals surface area contributed by atoms with Gasteiger partial charge in [-0.25, -0.2) is 0 Å². The molecule has 0 unspecified atom stereocenters. The number of aliphatic hydroxyl groups excluding tert-OH is 1. The molecule has 94 valence electrons. The number of Topliss-reactive ketones (excluding diaryl/α,β-unsaturated/α-hetero) is 1. The van der Waals surface area contributed by atoms with Gasteiger partial charge in [-0.05, 0) is 11.4 Å². The average Bonchev–Trinajstić information content (AvgIpc) is 2.84. The van der Waals surface area contributed by atoms with Crippen LogP contribution in [0.2, 0.25) is 0 Å². The van der Waals surface area contributed by atoms with Crippen LogP contribution in [0.3, 0.4) is 0 Å². The number of morpholine rings is 1. The largest absolute Gasteiger partial charge is 0.391 e. The normalized spacial score (nSPS) is 19.1. The molecule has 0 aromatic carbocycles. The minimum atomic E-state index is 0.123. The van der Waals surface area contributed by atoms with Crippen molar-refractivity contribution in [2.45, 2.75) is 0 Å². The quantitative estimate of drug-likeness (QED) is 0.625. The van der Waals surface area contributed by atoms with E-state index < -0.39 is 0 Å². The van der Waals surface area contributed by atoms with Gasteiger partial charge in [-0.2, -0.15) is 0 Å². The topological polar surface area (TPSA) is 46.5 Å². The lowest BCUT2D eigenvalue weighted by atomic mass is 10.2. The van der Waals surface area contributed by atoms with Crippen molar-refractivity contribution in [3.63, 3.8) is 0 Å². The van der Waals surface area contributed by atoms with E-state index in [1.54, 1.807) is 0 Å². The second-order valence-electron chi connectivity index (χ2n) is 4.41. The highest BCUT2D eigenvalue weighted by Crippen LogP contribution is 2.16. The number of ether oxygens (including phenoxy) is 1. The van der Waals surface area contributed by atoms with Gasteiger partial charge >= 0.3 is 0 Å². The highest BCUT2D eigenvalue weighted by atomic mass is 32.1. The fourth-order valence-corrected chi connectivity index (χ4v) is 2.88. The molecule has 0 radical (unpaired) electrons. The summed E-state index contributed by atoms with van der Waals surface area (Å²) >= 11 is 1.48. The summed E-state index contributed by atoms with van der Waals surface area (Å²) in [7, 11) is 0. The van der Waals surface area contributed by atoms with Gasteiger partial charge in [0.25, 0.3) is 0 Å². The van der Waals surface area contributed by atoms with Crippen molar-refractivity contribution < 1.29 is 19.1 Å². The zero-order valence-electron chi connectivity index (χ0n) is 9.80. The first kappa shape index (κ1) is 12.7. The van der Waals surface area contributed by atoms with E-state index in [-0.39, 0.29) is 12.4 Å². The summed E-state index contributed by atoms with van der Waals surface area (Å²) in [5.41, 5.74) is 0. The van der Waals surface area contributed by atoms with Crippen molar-refractivity contribution in [2.75, 3.05) is 46.0 Å². The van der Waals surface area contributed by atoms with Crippen molar-refractivity contribution in [2.24, 2.45) is 0 Å². The standard InChI is InChI=1S/C12H18NO3S/c14-6-3-13(4-7-16-8-5-13)10-11(15)12-2-1-9-17-12/h1-2,9,14H,3-8,10H2/q+1. The molecule has 1 N–H and O–H groups in total. The Morgan fingerprint density at radius 2 is 2.24 bits per heavy atom. The molecule has 4 nitrogen and oxygen atoms in total. The summed E-state index contributed by atoms with van der Waals surface area (Å²) in [6, 6.07) is 3.76. The number of ketones is 1. The Morgan fingerprint density at radius 3 is 2.82 bits per heavy atom. The van der Waals surface area contributed by atoms with E-state index >= 15 is 0 Å². The van der Waals surface area contributed by atoms with Crippen molar-refractivity contribution in [1.82, 2.24) is 0 Å². The number of aliphatic hydroxyl groups is 1. The molecule has 2 rings (SSSR count). The van der Waals surface area contributed by atoms with Crippen molar-refractivity contribution >= 4 is 17.1 Å². The van der Waals surface area contributed by atoms with Gasteiger partial charge in [-0.3, -0.25) is 4.79 Å². The van der Waals surface area contributed by atoms with Gasteiger partial charge in [0, 0.05) is 0 Å². The monoisotopic (exact) mass is 256 g/mol. The van der Waals surface area contributed by atoms with Crippen LogP contribution < -0.4 is 0 Å². The summed E-state index contributed by atoms with van der Waals surface area (Å²) in [5.74, 6) is 0.176. The number of nitrogens with zero attached hydrogens (tertiary/aromatic N) is 1. The summed E-state index contributed by atoms with van der Waals surface area (Å²) < 4.78 is 6.00. The number of hydrogen-bond donors (Lipinski definition) is 1. The molecular formula is C12H18NO3S+. The Morgan fingerprint density at radius 1 is 1.47 bits per heavy atom. The van der Waals surface area contributed by atoms with Crippen molar-refractivity contribution in [1.29, 1.82) is 0 Å². The minimum Gasteiger partial charge on any atom is -0.391 e. The van der Waals surface area contributed by atoms with Crippen molar-refractivity contribution in [3.05, 3.63) is 22.4 Å². The molecule has 1 aromatic rings. The molecule has 0 spiro atoms. The first-order chi connectivity index (χ1) is 8.26. The maximum absolute atomic E-state index is 12.1. The number of carbonyl (C=O) groups excluding carboxylic acids is 1. The van der Waals surface area contributed by atoms with Crippen LogP contribution in [0, 0.1) is 0 Å². The fraction of sp³-hybridized carbons (Fsp3) is 0.583. The highest BCUT2D eigenvalue weighted by Gasteiger charge is 2.32. The Hall–Kier alpha value is -0.750. The molecule has 1 fully saturated rings. The van der Waals surface area contributed by atoms with Gasteiger partial charge in [0.15, 0.2) is 0 Å². The van der Waals surface area contributed by atoms with Gasteiger partial charge in [-0.1, -0.05) is 6.07 Å². The predicted molar refractivity (Wildman–Crippen MR) is 66.3 cm³/mol. The zero-order valence-corrected chi connectivity index (χ0v) is 10.6. The molecule has 1 saturated heterocycles. The van der Waals surface area contributed by atoms with E-state index in [2.05, 4.69) is 0 Å². The lowest BCUT2D eigenvalue weighted by Crippen LogP contribution is -2.58. The first-order valence-electron chi connectivity index (χ1n) is 5.86. The van der Waals surface area contributed by atoms with E-state index in [1.165, 1.54) is 11.3 Å². The maximum Gasteiger partial charge on any atom is 0.226 e. The lowest BCUT2D eigenvalue weighted by molar-refractivity contribution is -0.927. The van der Waals surface area contributed by atoms with E-state index in [0.717, 1.165) is 18.0 Å².